The van der Waals surface area contributed by atoms with Crippen molar-refractivity contribution in [3.63, 3.8) is 0 Å². The SMILES string of the molecule is CCCCOC(=O)CCCC(CCC(=O)OCCCC)C(=O)OCCCC. The minimum Gasteiger partial charge on any atom is -0.466 e. The second-order valence-corrected chi connectivity index (χ2v) is 6.80. The van der Waals surface area contributed by atoms with Crippen LogP contribution >= 0.6 is 0 Å². The van der Waals surface area contributed by atoms with Gasteiger partial charge in [0.15, 0.2) is 0 Å². The molecule has 0 aromatic rings. The van der Waals surface area contributed by atoms with Gasteiger partial charge >= 0.3 is 17.9 Å². The van der Waals surface area contributed by atoms with E-state index in [9.17, 15) is 14.4 Å². The molecule has 0 aliphatic heterocycles. The second-order valence-electron chi connectivity index (χ2n) is 6.80. The predicted octanol–water partition coefficient (Wildman–Crippen LogP) is 4.58. The molecule has 6 nitrogen and oxygen atoms in total. The number of hydrogen-bond donors (Lipinski definition) is 0. The van der Waals surface area contributed by atoms with Crippen molar-refractivity contribution in [1.82, 2.24) is 0 Å². The smallest absolute Gasteiger partial charge is 0.308 e. The molecule has 0 spiro atoms. The lowest BCUT2D eigenvalue weighted by atomic mass is 9.96. The Hall–Kier alpha value is -1.59. The molecule has 1 unspecified atom stereocenters. The largest absolute Gasteiger partial charge is 0.466 e. The van der Waals surface area contributed by atoms with Crippen LogP contribution < -0.4 is 0 Å². The van der Waals surface area contributed by atoms with Gasteiger partial charge in [-0.1, -0.05) is 40.0 Å². The number of carbonyl (C=O) groups excluding carboxylic acids is 3. The number of ether oxygens (including phenoxy) is 3. The molecule has 0 aromatic heterocycles. The molecular formula is C21H38O6. The van der Waals surface area contributed by atoms with Gasteiger partial charge < -0.3 is 14.2 Å². The van der Waals surface area contributed by atoms with Crippen molar-refractivity contribution in [2.24, 2.45) is 5.92 Å². The van der Waals surface area contributed by atoms with Gasteiger partial charge in [-0.25, -0.2) is 0 Å². The van der Waals surface area contributed by atoms with Crippen LogP contribution in [-0.2, 0) is 28.6 Å². The zero-order chi connectivity index (χ0) is 20.3. The van der Waals surface area contributed by atoms with E-state index in [2.05, 4.69) is 0 Å². The minimum absolute atomic E-state index is 0.193. The van der Waals surface area contributed by atoms with Gasteiger partial charge in [-0.05, 0) is 38.5 Å². The lowest BCUT2D eigenvalue weighted by Crippen LogP contribution is -2.20. The number of hydrogen-bond acceptors (Lipinski definition) is 6. The van der Waals surface area contributed by atoms with Gasteiger partial charge in [0.05, 0.1) is 25.7 Å². The van der Waals surface area contributed by atoms with Gasteiger partial charge in [0.2, 0.25) is 0 Å². The van der Waals surface area contributed by atoms with E-state index < -0.39 is 0 Å². The van der Waals surface area contributed by atoms with Gasteiger partial charge in [0.25, 0.3) is 0 Å². The molecule has 0 aliphatic rings. The highest BCUT2D eigenvalue weighted by atomic mass is 16.5. The van der Waals surface area contributed by atoms with Crippen LogP contribution in [-0.4, -0.2) is 37.7 Å². The van der Waals surface area contributed by atoms with E-state index in [4.69, 9.17) is 14.2 Å². The predicted molar refractivity (Wildman–Crippen MR) is 104 cm³/mol. The topological polar surface area (TPSA) is 78.9 Å². The second kappa shape index (κ2) is 17.8. The number of unbranched alkanes of at least 4 members (excludes halogenated alkanes) is 3. The summed E-state index contributed by atoms with van der Waals surface area (Å²) in [5, 5.41) is 0. The Balaban J connectivity index is 4.32. The molecule has 158 valence electrons. The number of carbonyl (C=O) groups is 3. The molecule has 0 bridgehead atoms. The minimum atomic E-state index is -0.385. The Bertz CT molecular complexity index is 407. The van der Waals surface area contributed by atoms with Crippen molar-refractivity contribution in [3.8, 4) is 0 Å². The molecular weight excluding hydrogens is 348 g/mol. The summed E-state index contributed by atoms with van der Waals surface area (Å²) in [4.78, 5) is 35.8. The van der Waals surface area contributed by atoms with Crippen LogP contribution in [0, 0.1) is 5.92 Å². The molecule has 0 N–H and O–H groups in total. The summed E-state index contributed by atoms with van der Waals surface area (Å²) >= 11 is 0. The average Bonchev–Trinajstić information content (AvgIpc) is 2.65. The van der Waals surface area contributed by atoms with Crippen molar-refractivity contribution >= 4 is 17.9 Å². The quantitative estimate of drug-likeness (QED) is 0.207. The van der Waals surface area contributed by atoms with Gasteiger partial charge in [0.1, 0.15) is 0 Å². The molecule has 1 atom stereocenters. The number of esters is 3. The first-order chi connectivity index (χ1) is 13.0. The summed E-state index contributed by atoms with van der Waals surface area (Å²) in [7, 11) is 0. The lowest BCUT2D eigenvalue weighted by molar-refractivity contribution is -0.151. The highest BCUT2D eigenvalue weighted by Gasteiger charge is 2.22. The fourth-order valence-corrected chi connectivity index (χ4v) is 2.40. The third kappa shape index (κ3) is 15.2. The van der Waals surface area contributed by atoms with E-state index in [1.54, 1.807) is 0 Å². The molecule has 0 radical (unpaired) electrons. The van der Waals surface area contributed by atoms with E-state index in [0.717, 1.165) is 38.5 Å². The van der Waals surface area contributed by atoms with Crippen LogP contribution in [0.3, 0.4) is 0 Å². The molecule has 0 aromatic carbocycles. The Morgan fingerprint density at radius 3 is 1.63 bits per heavy atom. The first kappa shape index (κ1) is 25.4. The van der Waals surface area contributed by atoms with Gasteiger partial charge in [-0.3, -0.25) is 14.4 Å². The van der Waals surface area contributed by atoms with E-state index >= 15 is 0 Å². The Labute approximate surface area is 164 Å². The molecule has 0 amide bonds. The fraction of sp³-hybridized carbons (Fsp3) is 0.857. The van der Waals surface area contributed by atoms with Crippen molar-refractivity contribution in [2.45, 2.75) is 91.4 Å². The summed E-state index contributed by atoms with van der Waals surface area (Å²) < 4.78 is 15.6. The van der Waals surface area contributed by atoms with E-state index in [1.165, 1.54) is 0 Å². The molecule has 0 fully saturated rings. The molecule has 6 heteroatoms. The van der Waals surface area contributed by atoms with Crippen molar-refractivity contribution in [1.29, 1.82) is 0 Å². The van der Waals surface area contributed by atoms with Gasteiger partial charge in [-0.2, -0.15) is 0 Å². The zero-order valence-corrected chi connectivity index (χ0v) is 17.4. The van der Waals surface area contributed by atoms with Crippen LogP contribution in [0.15, 0.2) is 0 Å². The third-order valence-electron chi connectivity index (χ3n) is 4.23. The van der Waals surface area contributed by atoms with E-state index in [0.29, 0.717) is 39.1 Å². The van der Waals surface area contributed by atoms with Crippen molar-refractivity contribution in [3.05, 3.63) is 0 Å². The monoisotopic (exact) mass is 386 g/mol. The van der Waals surface area contributed by atoms with Gasteiger partial charge in [-0.15, -0.1) is 0 Å². The summed E-state index contributed by atoms with van der Waals surface area (Å²) in [6.45, 7) is 7.36. The maximum Gasteiger partial charge on any atom is 0.308 e. The first-order valence-electron chi connectivity index (χ1n) is 10.5. The Morgan fingerprint density at radius 1 is 0.630 bits per heavy atom. The van der Waals surface area contributed by atoms with E-state index in [-0.39, 0.29) is 36.7 Å². The fourth-order valence-electron chi connectivity index (χ4n) is 2.40. The molecule has 0 rings (SSSR count). The van der Waals surface area contributed by atoms with Crippen LogP contribution in [0.2, 0.25) is 0 Å². The third-order valence-corrected chi connectivity index (χ3v) is 4.23. The highest BCUT2D eigenvalue weighted by Crippen LogP contribution is 2.18. The maximum atomic E-state index is 12.3. The maximum absolute atomic E-state index is 12.3. The van der Waals surface area contributed by atoms with Crippen LogP contribution in [0.1, 0.15) is 91.4 Å². The summed E-state index contributed by atoms with van der Waals surface area (Å²) in [6.07, 6.45) is 7.34. The molecule has 0 saturated heterocycles. The molecule has 0 aliphatic carbocycles. The first-order valence-corrected chi connectivity index (χ1v) is 10.5. The summed E-state index contributed by atoms with van der Waals surface area (Å²) in [5.41, 5.74) is 0. The summed E-state index contributed by atoms with van der Waals surface area (Å²) in [6, 6.07) is 0. The zero-order valence-electron chi connectivity index (χ0n) is 17.4. The normalized spacial score (nSPS) is 11.7. The summed E-state index contributed by atoms with van der Waals surface area (Å²) in [5.74, 6) is -1.19. The van der Waals surface area contributed by atoms with Crippen molar-refractivity contribution < 1.29 is 28.6 Å². The molecule has 0 heterocycles. The van der Waals surface area contributed by atoms with Crippen LogP contribution in [0.4, 0.5) is 0 Å². The van der Waals surface area contributed by atoms with Gasteiger partial charge in [0, 0.05) is 12.8 Å². The lowest BCUT2D eigenvalue weighted by Gasteiger charge is -2.15. The van der Waals surface area contributed by atoms with Crippen molar-refractivity contribution in [2.75, 3.05) is 19.8 Å². The number of rotatable bonds is 17. The Kier molecular flexibility index (Phi) is 16.8. The molecule has 27 heavy (non-hydrogen) atoms. The molecule has 0 saturated carbocycles. The standard InChI is InChI=1S/C21H38O6/c1-4-7-15-25-19(22)12-10-11-18(21(24)27-17-9-6-3)13-14-20(23)26-16-8-5-2/h18H,4-17H2,1-3H3. The highest BCUT2D eigenvalue weighted by molar-refractivity contribution is 5.74. The van der Waals surface area contributed by atoms with Crippen LogP contribution in [0.5, 0.6) is 0 Å². The Morgan fingerprint density at radius 2 is 1.11 bits per heavy atom. The van der Waals surface area contributed by atoms with E-state index in [1.807, 2.05) is 20.8 Å². The van der Waals surface area contributed by atoms with Crippen LogP contribution in [0.25, 0.3) is 0 Å². The average molecular weight is 387 g/mol.